The second kappa shape index (κ2) is 4.19. The van der Waals surface area contributed by atoms with E-state index in [2.05, 4.69) is 46.9 Å². The smallest absolute Gasteiger partial charge is 0.247 e. The van der Waals surface area contributed by atoms with Gasteiger partial charge in [0, 0.05) is 11.6 Å². The highest BCUT2D eigenvalue weighted by molar-refractivity contribution is 5.96. The predicted octanol–water partition coefficient (Wildman–Crippen LogP) is 4.17. The molecule has 4 aliphatic rings. The first-order valence-electron chi connectivity index (χ1n) is 9.19. The first-order valence-corrected chi connectivity index (χ1v) is 9.19. The number of carbonyl (C=O) groups excluding carboxylic acids is 1. The molecule has 122 valence electrons. The van der Waals surface area contributed by atoms with Crippen molar-refractivity contribution in [2.75, 3.05) is 0 Å². The molecule has 4 rings (SSSR count). The molecular weight excluding hydrogens is 270 g/mol. The summed E-state index contributed by atoms with van der Waals surface area (Å²) in [6.07, 6.45) is 3.65. The van der Waals surface area contributed by atoms with Gasteiger partial charge in [-0.3, -0.25) is 4.79 Å². The number of allylic oxidation sites excluding steroid dienone is 1. The minimum atomic E-state index is 0.243. The Morgan fingerprint density at radius 1 is 1.00 bits per heavy atom. The molecule has 1 aliphatic heterocycles. The maximum absolute atomic E-state index is 12.9. The van der Waals surface area contributed by atoms with E-state index >= 15 is 0 Å². The number of nitrogens with one attached hydrogen (secondary N) is 1. The van der Waals surface area contributed by atoms with Gasteiger partial charge in [0.25, 0.3) is 0 Å². The first-order chi connectivity index (χ1) is 10.2. The molecular formula is C20H31NO. The van der Waals surface area contributed by atoms with Crippen LogP contribution in [0.4, 0.5) is 0 Å². The molecule has 1 amide bonds. The zero-order valence-corrected chi connectivity index (χ0v) is 15.0. The van der Waals surface area contributed by atoms with Crippen LogP contribution in [0.3, 0.4) is 0 Å². The van der Waals surface area contributed by atoms with Crippen molar-refractivity contribution in [1.82, 2.24) is 5.32 Å². The number of amides is 1. The quantitative estimate of drug-likeness (QED) is 0.669. The van der Waals surface area contributed by atoms with Gasteiger partial charge < -0.3 is 5.32 Å². The third-order valence-electron chi connectivity index (χ3n) is 8.70. The fourth-order valence-corrected chi connectivity index (χ4v) is 6.27. The molecule has 0 radical (unpaired) electrons. The molecule has 0 aromatic heterocycles. The lowest BCUT2D eigenvalue weighted by atomic mass is 9.65. The molecule has 0 unspecified atom stereocenters. The van der Waals surface area contributed by atoms with Crippen LogP contribution in [0.5, 0.6) is 0 Å². The van der Waals surface area contributed by atoms with Crippen LogP contribution in [0.2, 0.25) is 0 Å². The molecule has 0 spiro atoms. The Balaban J connectivity index is 1.78. The molecule has 1 heterocycles. The van der Waals surface area contributed by atoms with E-state index in [9.17, 15) is 4.79 Å². The van der Waals surface area contributed by atoms with Gasteiger partial charge in [-0.25, -0.2) is 0 Å². The Morgan fingerprint density at radius 3 is 2.27 bits per heavy atom. The van der Waals surface area contributed by atoms with Gasteiger partial charge in [0.15, 0.2) is 0 Å². The number of carbonyl (C=O) groups is 1. The molecule has 2 heteroatoms. The Hall–Kier alpha value is -0.790. The van der Waals surface area contributed by atoms with Gasteiger partial charge >= 0.3 is 0 Å². The Bertz CT molecular complexity index is 566. The second-order valence-corrected chi connectivity index (χ2v) is 9.77. The summed E-state index contributed by atoms with van der Waals surface area (Å²) in [4.78, 5) is 12.9. The van der Waals surface area contributed by atoms with Crippen LogP contribution in [0.1, 0.15) is 60.8 Å². The van der Waals surface area contributed by atoms with Gasteiger partial charge in [-0.2, -0.15) is 0 Å². The summed E-state index contributed by atoms with van der Waals surface area (Å²) >= 11 is 0. The van der Waals surface area contributed by atoms with E-state index in [1.165, 1.54) is 18.4 Å². The summed E-state index contributed by atoms with van der Waals surface area (Å²) in [5, 5.41) is 3.34. The van der Waals surface area contributed by atoms with Crippen molar-refractivity contribution in [1.29, 1.82) is 0 Å². The lowest BCUT2D eigenvalue weighted by Gasteiger charge is -2.40. The Kier molecular flexibility index (Phi) is 2.81. The maximum atomic E-state index is 12.9. The van der Waals surface area contributed by atoms with Crippen LogP contribution in [-0.4, -0.2) is 11.9 Å². The summed E-state index contributed by atoms with van der Waals surface area (Å²) in [7, 11) is 0. The third-order valence-corrected chi connectivity index (χ3v) is 8.70. The highest BCUT2D eigenvalue weighted by Gasteiger charge is 2.58. The number of piperidine rings is 1. The molecule has 6 atom stereocenters. The van der Waals surface area contributed by atoms with Crippen molar-refractivity contribution in [3.05, 3.63) is 11.1 Å². The highest BCUT2D eigenvalue weighted by Crippen LogP contribution is 2.64. The third kappa shape index (κ3) is 1.59. The van der Waals surface area contributed by atoms with Gasteiger partial charge in [0.1, 0.15) is 0 Å². The fourth-order valence-electron chi connectivity index (χ4n) is 6.27. The minimum absolute atomic E-state index is 0.243. The van der Waals surface area contributed by atoms with Crippen molar-refractivity contribution in [2.24, 2.45) is 40.4 Å². The average Bonchev–Trinajstić information content (AvgIpc) is 3.01. The van der Waals surface area contributed by atoms with Crippen LogP contribution >= 0.6 is 0 Å². The van der Waals surface area contributed by atoms with Crippen molar-refractivity contribution >= 4 is 5.91 Å². The van der Waals surface area contributed by atoms with E-state index in [0.29, 0.717) is 35.1 Å². The molecule has 22 heavy (non-hydrogen) atoms. The van der Waals surface area contributed by atoms with Crippen LogP contribution in [0.15, 0.2) is 11.1 Å². The predicted molar refractivity (Wildman–Crippen MR) is 89.2 cm³/mol. The van der Waals surface area contributed by atoms with Crippen molar-refractivity contribution in [3.8, 4) is 0 Å². The first kappa shape index (κ1) is 14.8. The Morgan fingerprint density at radius 2 is 1.68 bits per heavy atom. The topological polar surface area (TPSA) is 29.1 Å². The largest absolute Gasteiger partial charge is 0.349 e. The van der Waals surface area contributed by atoms with E-state index in [-0.39, 0.29) is 11.3 Å². The van der Waals surface area contributed by atoms with E-state index in [1.54, 1.807) is 5.57 Å². The van der Waals surface area contributed by atoms with Gasteiger partial charge in [-0.15, -0.1) is 0 Å². The Labute approximate surface area is 135 Å². The van der Waals surface area contributed by atoms with Crippen LogP contribution in [0.25, 0.3) is 0 Å². The number of fused-ring (bicyclic) bond motifs is 4. The molecule has 1 saturated heterocycles. The van der Waals surface area contributed by atoms with Crippen molar-refractivity contribution in [2.45, 2.75) is 66.8 Å². The normalized spacial score (nSPS) is 51.3. The minimum Gasteiger partial charge on any atom is -0.349 e. The number of hydrogen-bond donors (Lipinski definition) is 1. The summed E-state index contributed by atoms with van der Waals surface area (Å²) < 4.78 is 0. The van der Waals surface area contributed by atoms with Gasteiger partial charge in [-0.1, -0.05) is 47.1 Å². The summed E-state index contributed by atoms with van der Waals surface area (Å²) in [5.74, 6) is 3.47. The van der Waals surface area contributed by atoms with E-state index < -0.39 is 0 Å². The van der Waals surface area contributed by atoms with Crippen LogP contribution in [0, 0.1) is 40.4 Å². The van der Waals surface area contributed by atoms with Crippen molar-refractivity contribution < 1.29 is 4.79 Å². The fraction of sp³-hybridized carbons (Fsp3) is 0.850. The highest BCUT2D eigenvalue weighted by atomic mass is 16.1. The van der Waals surface area contributed by atoms with Gasteiger partial charge in [0.2, 0.25) is 5.91 Å². The zero-order chi connectivity index (χ0) is 16.0. The second-order valence-electron chi connectivity index (χ2n) is 9.77. The lowest BCUT2D eigenvalue weighted by Crippen LogP contribution is -2.42. The van der Waals surface area contributed by atoms with Crippen molar-refractivity contribution in [3.63, 3.8) is 0 Å². The standard InChI is InChI=1S/C20H31NO/c1-10-13-7-12(19(10,3)4)8-14(13)17-15-9-16(21-18(17)22)11(2)20(15,5)6/h10-13,15-16H,7-9H2,1-6H3,(H,21,22)/b17-14-/t10-,11+,12+,13+,15-,16-/m1/s1. The summed E-state index contributed by atoms with van der Waals surface area (Å²) in [6, 6.07) is 0.393. The number of hydrogen-bond acceptors (Lipinski definition) is 1. The number of rotatable bonds is 0. The molecule has 4 fully saturated rings. The molecule has 1 N–H and O–H groups in total. The van der Waals surface area contributed by atoms with E-state index in [1.807, 2.05) is 0 Å². The molecule has 0 aromatic carbocycles. The van der Waals surface area contributed by atoms with Crippen LogP contribution in [-0.2, 0) is 4.79 Å². The summed E-state index contributed by atoms with van der Waals surface area (Å²) in [6.45, 7) is 14.4. The maximum Gasteiger partial charge on any atom is 0.247 e. The summed E-state index contributed by atoms with van der Waals surface area (Å²) in [5.41, 5.74) is 3.44. The average molecular weight is 301 g/mol. The van der Waals surface area contributed by atoms with E-state index in [4.69, 9.17) is 0 Å². The molecule has 0 aromatic rings. The van der Waals surface area contributed by atoms with Gasteiger partial charge in [0.05, 0.1) is 0 Å². The molecule has 3 saturated carbocycles. The molecule has 4 bridgehead atoms. The van der Waals surface area contributed by atoms with Crippen LogP contribution < -0.4 is 5.32 Å². The molecule has 2 nitrogen and oxygen atoms in total. The van der Waals surface area contributed by atoms with Gasteiger partial charge in [-0.05, 0) is 59.7 Å². The monoisotopic (exact) mass is 301 g/mol. The SMILES string of the molecule is C[C@@H]1[C@@H]2C[C@@H](C/C2=C2/C(=O)N[C@@H]3C[C@H]2C(C)(C)[C@H]3C)C1(C)C. The molecule has 3 aliphatic carbocycles. The van der Waals surface area contributed by atoms with E-state index in [0.717, 1.165) is 12.3 Å². The zero-order valence-electron chi connectivity index (χ0n) is 15.0. The lowest BCUT2D eigenvalue weighted by molar-refractivity contribution is -0.119.